The van der Waals surface area contributed by atoms with Crippen LogP contribution in [0.2, 0.25) is 0 Å². The molecule has 0 fully saturated rings. The fourth-order valence-electron chi connectivity index (χ4n) is 4.17. The van der Waals surface area contributed by atoms with E-state index >= 15 is 0 Å². The quantitative estimate of drug-likeness (QED) is 0.493. The maximum Gasteiger partial charge on any atom is 0.227 e. The molecule has 1 aliphatic rings. The molecule has 0 aliphatic heterocycles. The van der Waals surface area contributed by atoms with Crippen LogP contribution in [0.25, 0.3) is 11.1 Å². The van der Waals surface area contributed by atoms with Crippen LogP contribution in [0.5, 0.6) is 0 Å². The normalized spacial score (nSPS) is 12.1. The lowest BCUT2D eigenvalue weighted by atomic mass is 10.0. The minimum Gasteiger partial charge on any atom is -0.326 e. The van der Waals surface area contributed by atoms with E-state index in [1.165, 1.54) is 22.3 Å². The van der Waals surface area contributed by atoms with Crippen LogP contribution in [-0.2, 0) is 16.0 Å². The fourth-order valence-corrected chi connectivity index (χ4v) is 4.17. The van der Waals surface area contributed by atoms with Crippen LogP contribution in [0, 0.1) is 11.8 Å². The standard InChI is InChI=1S/C25H32N2O2/c1-5-16(6-2)24(28)26-20-9-11-22-18(14-20)13-19-15-21(10-12-23(19)22)27-25(29)17(7-3)8-4/h9-12,14-17H,5-8,13H2,1-4H3,(H,26,28)(H,27,29). The Labute approximate surface area is 174 Å². The molecule has 4 nitrogen and oxygen atoms in total. The highest BCUT2D eigenvalue weighted by molar-refractivity contribution is 5.94. The summed E-state index contributed by atoms with van der Waals surface area (Å²) in [6.45, 7) is 8.19. The van der Waals surface area contributed by atoms with Gasteiger partial charge >= 0.3 is 0 Å². The van der Waals surface area contributed by atoms with Crippen LogP contribution >= 0.6 is 0 Å². The first-order valence-electron chi connectivity index (χ1n) is 10.9. The molecule has 29 heavy (non-hydrogen) atoms. The van der Waals surface area contributed by atoms with Gasteiger partial charge in [-0.1, -0.05) is 39.8 Å². The third-order valence-electron chi connectivity index (χ3n) is 6.13. The largest absolute Gasteiger partial charge is 0.326 e. The molecule has 0 saturated carbocycles. The second-order valence-electron chi connectivity index (χ2n) is 7.93. The summed E-state index contributed by atoms with van der Waals surface area (Å²) < 4.78 is 0. The van der Waals surface area contributed by atoms with E-state index in [0.29, 0.717) is 0 Å². The van der Waals surface area contributed by atoms with E-state index in [-0.39, 0.29) is 23.7 Å². The van der Waals surface area contributed by atoms with Crippen LogP contribution in [0.4, 0.5) is 11.4 Å². The van der Waals surface area contributed by atoms with E-state index < -0.39 is 0 Å². The summed E-state index contributed by atoms with van der Waals surface area (Å²) in [5.74, 6) is 0.303. The first-order chi connectivity index (χ1) is 14.0. The molecule has 0 bridgehead atoms. The van der Waals surface area contributed by atoms with Gasteiger partial charge < -0.3 is 10.6 Å². The maximum absolute atomic E-state index is 12.4. The van der Waals surface area contributed by atoms with Gasteiger partial charge in [0.25, 0.3) is 0 Å². The van der Waals surface area contributed by atoms with E-state index in [4.69, 9.17) is 0 Å². The van der Waals surface area contributed by atoms with Crippen LogP contribution in [0.15, 0.2) is 36.4 Å². The number of amides is 2. The minimum absolute atomic E-state index is 0.0571. The van der Waals surface area contributed by atoms with Crippen molar-refractivity contribution in [2.45, 2.75) is 59.8 Å². The zero-order valence-electron chi connectivity index (χ0n) is 18.0. The van der Waals surface area contributed by atoms with Gasteiger partial charge in [-0.05, 0) is 78.6 Å². The number of hydrogen-bond acceptors (Lipinski definition) is 2. The van der Waals surface area contributed by atoms with Crippen molar-refractivity contribution >= 4 is 23.2 Å². The van der Waals surface area contributed by atoms with E-state index in [9.17, 15) is 9.59 Å². The van der Waals surface area contributed by atoms with Crippen LogP contribution in [0.3, 0.4) is 0 Å². The van der Waals surface area contributed by atoms with Gasteiger partial charge in [0, 0.05) is 23.2 Å². The molecule has 1 aliphatic carbocycles. The average Bonchev–Trinajstić information content (AvgIpc) is 3.06. The first kappa shape index (κ1) is 21.1. The molecular weight excluding hydrogens is 360 g/mol. The van der Waals surface area contributed by atoms with Crippen LogP contribution < -0.4 is 10.6 Å². The Kier molecular flexibility index (Phi) is 6.73. The van der Waals surface area contributed by atoms with E-state index in [0.717, 1.165) is 43.5 Å². The molecule has 0 spiro atoms. The molecule has 2 N–H and O–H groups in total. The van der Waals surface area contributed by atoms with Crippen molar-refractivity contribution in [2.24, 2.45) is 11.8 Å². The Morgan fingerprint density at radius 2 is 1.10 bits per heavy atom. The lowest BCUT2D eigenvalue weighted by Gasteiger charge is -2.14. The van der Waals surface area contributed by atoms with Crippen LogP contribution in [0.1, 0.15) is 64.5 Å². The lowest BCUT2D eigenvalue weighted by molar-refractivity contribution is -0.120. The monoisotopic (exact) mass is 392 g/mol. The fraction of sp³-hybridized carbons (Fsp3) is 0.440. The minimum atomic E-state index is 0.0571. The lowest BCUT2D eigenvalue weighted by Crippen LogP contribution is -2.21. The molecule has 0 radical (unpaired) electrons. The molecule has 0 unspecified atom stereocenters. The van der Waals surface area contributed by atoms with Crippen molar-refractivity contribution < 1.29 is 9.59 Å². The van der Waals surface area contributed by atoms with Crippen molar-refractivity contribution in [3.8, 4) is 11.1 Å². The van der Waals surface area contributed by atoms with Gasteiger partial charge in [-0.3, -0.25) is 9.59 Å². The van der Waals surface area contributed by atoms with Crippen LogP contribution in [-0.4, -0.2) is 11.8 Å². The number of benzene rings is 2. The Morgan fingerprint density at radius 3 is 1.45 bits per heavy atom. The second-order valence-corrected chi connectivity index (χ2v) is 7.93. The van der Waals surface area contributed by atoms with Gasteiger partial charge in [-0.15, -0.1) is 0 Å². The number of fused-ring (bicyclic) bond motifs is 3. The van der Waals surface area contributed by atoms with Gasteiger partial charge in [0.05, 0.1) is 0 Å². The van der Waals surface area contributed by atoms with E-state index in [1.807, 2.05) is 39.8 Å². The third kappa shape index (κ3) is 4.52. The van der Waals surface area contributed by atoms with Gasteiger partial charge in [0.15, 0.2) is 0 Å². The number of hydrogen-bond donors (Lipinski definition) is 2. The second kappa shape index (κ2) is 9.25. The van der Waals surface area contributed by atoms with Gasteiger partial charge in [0.2, 0.25) is 11.8 Å². The van der Waals surface area contributed by atoms with Crippen molar-refractivity contribution in [1.29, 1.82) is 0 Å². The first-order valence-corrected chi connectivity index (χ1v) is 10.9. The Bertz CT molecular complexity index is 822. The maximum atomic E-state index is 12.4. The van der Waals surface area contributed by atoms with Gasteiger partial charge in [0.1, 0.15) is 0 Å². The number of nitrogens with one attached hydrogen (secondary N) is 2. The molecule has 0 saturated heterocycles. The van der Waals surface area contributed by atoms with E-state index in [1.54, 1.807) is 0 Å². The Morgan fingerprint density at radius 1 is 0.724 bits per heavy atom. The predicted octanol–water partition coefficient (Wildman–Crippen LogP) is 6.01. The molecule has 0 atom stereocenters. The Hall–Kier alpha value is -2.62. The highest BCUT2D eigenvalue weighted by atomic mass is 16.2. The summed E-state index contributed by atoms with van der Waals surface area (Å²) in [6, 6.07) is 12.3. The Balaban J connectivity index is 1.75. The molecule has 4 heteroatoms. The molecular formula is C25H32N2O2. The van der Waals surface area contributed by atoms with Gasteiger partial charge in [-0.25, -0.2) is 0 Å². The third-order valence-corrected chi connectivity index (χ3v) is 6.13. The van der Waals surface area contributed by atoms with E-state index in [2.05, 4.69) is 34.9 Å². The highest BCUT2D eigenvalue weighted by Gasteiger charge is 2.21. The molecule has 2 amide bonds. The zero-order valence-corrected chi connectivity index (χ0v) is 18.0. The summed E-state index contributed by atoms with van der Waals surface area (Å²) in [5, 5.41) is 6.13. The SMILES string of the molecule is CCC(CC)C(=O)Nc1ccc2c(c1)Cc1cc(NC(=O)C(CC)CC)ccc1-2. The molecule has 0 heterocycles. The number of anilines is 2. The highest BCUT2D eigenvalue weighted by Crippen LogP contribution is 2.39. The van der Waals surface area contributed by atoms with Gasteiger partial charge in [-0.2, -0.15) is 0 Å². The molecule has 3 rings (SSSR count). The molecule has 2 aromatic carbocycles. The summed E-state index contributed by atoms with van der Waals surface area (Å²) >= 11 is 0. The van der Waals surface area contributed by atoms with Crippen molar-refractivity contribution in [2.75, 3.05) is 10.6 Å². The summed E-state index contributed by atoms with van der Waals surface area (Å²) in [7, 11) is 0. The average molecular weight is 393 g/mol. The summed E-state index contributed by atoms with van der Waals surface area (Å²) in [6.07, 6.45) is 4.22. The number of carbonyl (C=O) groups is 2. The molecule has 154 valence electrons. The van der Waals surface area contributed by atoms with Crippen molar-refractivity contribution in [3.05, 3.63) is 47.5 Å². The number of carbonyl (C=O) groups excluding carboxylic acids is 2. The molecule has 0 aromatic heterocycles. The number of rotatable bonds is 8. The van der Waals surface area contributed by atoms with Crippen molar-refractivity contribution in [1.82, 2.24) is 0 Å². The topological polar surface area (TPSA) is 58.2 Å². The van der Waals surface area contributed by atoms with Crippen molar-refractivity contribution in [3.63, 3.8) is 0 Å². The summed E-state index contributed by atoms with van der Waals surface area (Å²) in [5.41, 5.74) is 6.56. The predicted molar refractivity (Wildman–Crippen MR) is 120 cm³/mol. The molecule has 2 aromatic rings. The smallest absolute Gasteiger partial charge is 0.227 e. The zero-order chi connectivity index (χ0) is 21.0. The summed E-state index contributed by atoms with van der Waals surface area (Å²) in [4.78, 5) is 24.8.